The van der Waals surface area contributed by atoms with Crippen LogP contribution in [-0.2, 0) is 0 Å². The van der Waals surface area contributed by atoms with Gasteiger partial charge in [0.1, 0.15) is 0 Å². The molecule has 38 valence electrons. The van der Waals surface area contributed by atoms with Gasteiger partial charge in [0.2, 0.25) is 0 Å². The fourth-order valence-corrected chi connectivity index (χ4v) is 0.542. The van der Waals surface area contributed by atoms with Crippen molar-refractivity contribution in [3.63, 3.8) is 0 Å². The average Bonchev–Trinajstić information content (AvgIpc) is 1.87. The minimum Gasteiger partial charge on any atom is -0.406 e. The fraction of sp³-hybridized carbons (Fsp3) is 0. The van der Waals surface area contributed by atoms with Crippen molar-refractivity contribution in [2.24, 2.45) is 0 Å². The Morgan fingerprint density at radius 2 is 1.57 bits per heavy atom. The highest BCUT2D eigenvalue weighted by Crippen LogP contribution is 2.05. The van der Waals surface area contributed by atoms with E-state index in [2.05, 4.69) is 39.9 Å². The first-order valence-corrected chi connectivity index (χ1v) is 2.40. The number of hydrogen-bond donors (Lipinski definition) is 2. The van der Waals surface area contributed by atoms with Gasteiger partial charge in [0.25, 0.3) is 10.4 Å². The van der Waals surface area contributed by atoms with Gasteiger partial charge in [-0.1, -0.05) is 25.3 Å². The summed E-state index contributed by atoms with van der Waals surface area (Å²) in [6, 6.07) is 0. The predicted octanol–water partition coefficient (Wildman–Crippen LogP) is 0.647. The molecule has 0 aliphatic rings. The molecule has 0 atom stereocenters. The van der Waals surface area contributed by atoms with E-state index in [4.69, 9.17) is 0 Å². The summed E-state index contributed by atoms with van der Waals surface area (Å²) in [4.78, 5) is 0. The molecule has 0 N–H and O–H groups in total. The van der Waals surface area contributed by atoms with Crippen molar-refractivity contribution in [2.75, 3.05) is 0 Å². The fourth-order valence-electron chi connectivity index (χ4n) is 0.208. The van der Waals surface area contributed by atoms with E-state index in [0.29, 0.717) is 0 Å². The maximum atomic E-state index is 4.59. The molecule has 1 rings (SSSR count). The Kier molecular flexibility index (Phi) is 1.25. The lowest BCUT2D eigenvalue weighted by atomic mass is 11.5. The zero-order chi connectivity index (χ0) is 5.28. The molecule has 0 radical (unpaired) electrons. The summed E-state index contributed by atoms with van der Waals surface area (Å²) in [5, 5.41) is 7.26. The molecule has 0 saturated carbocycles. The zero-order valence-electron chi connectivity index (χ0n) is 3.20. The van der Waals surface area contributed by atoms with Crippen LogP contribution in [0.3, 0.4) is 0 Å². The van der Waals surface area contributed by atoms with E-state index >= 15 is 0 Å². The van der Waals surface area contributed by atoms with Crippen molar-refractivity contribution < 1.29 is 4.42 Å². The summed E-state index contributed by atoms with van der Waals surface area (Å²) in [5.41, 5.74) is 0. The van der Waals surface area contributed by atoms with Crippen LogP contribution in [0.15, 0.2) is 14.9 Å². The molecule has 0 bridgehead atoms. The Bertz CT molecular complexity index is 146. The normalized spacial score (nSPS) is 9.43. The molecular formula is C2H2N2OS2. The van der Waals surface area contributed by atoms with Crippen molar-refractivity contribution >= 4 is 25.3 Å². The average molecular weight is 134 g/mol. The Hall–Kier alpha value is -0.160. The monoisotopic (exact) mass is 134 g/mol. The molecule has 0 unspecified atom stereocenters. The molecule has 0 fully saturated rings. The molecule has 0 amide bonds. The molecule has 5 heteroatoms. The van der Waals surface area contributed by atoms with E-state index in [9.17, 15) is 0 Å². The van der Waals surface area contributed by atoms with Gasteiger partial charge in [0.15, 0.2) is 0 Å². The smallest absolute Gasteiger partial charge is 0.274 e. The van der Waals surface area contributed by atoms with Crippen LogP contribution in [0.1, 0.15) is 0 Å². The maximum Gasteiger partial charge on any atom is 0.274 e. The number of aromatic nitrogens is 2. The molecule has 1 aromatic rings. The molecule has 0 saturated heterocycles. The summed E-state index contributed by atoms with van der Waals surface area (Å²) < 4.78 is 4.59. The first kappa shape index (κ1) is 4.99. The topological polar surface area (TPSA) is 38.9 Å². The van der Waals surface area contributed by atoms with E-state index in [-0.39, 0.29) is 10.4 Å². The lowest BCUT2D eigenvalue weighted by Gasteiger charge is -1.68. The highest BCUT2D eigenvalue weighted by Gasteiger charge is 1.91. The number of rotatable bonds is 0. The summed E-state index contributed by atoms with van der Waals surface area (Å²) in [5.74, 6) is 0. The molecular weight excluding hydrogens is 132 g/mol. The van der Waals surface area contributed by atoms with Crippen molar-refractivity contribution in [1.29, 1.82) is 0 Å². The van der Waals surface area contributed by atoms with Crippen molar-refractivity contribution in [2.45, 2.75) is 10.4 Å². The van der Waals surface area contributed by atoms with Gasteiger partial charge in [0, 0.05) is 0 Å². The van der Waals surface area contributed by atoms with Gasteiger partial charge in [-0.15, -0.1) is 10.2 Å². The predicted molar refractivity (Wildman–Crippen MR) is 28.8 cm³/mol. The second kappa shape index (κ2) is 1.75. The molecule has 0 aliphatic heterocycles. The molecule has 3 nitrogen and oxygen atoms in total. The minimum absolute atomic E-state index is 0.241. The molecule has 1 heterocycles. The SMILES string of the molecule is Sc1nnc(S)o1. The van der Waals surface area contributed by atoms with Crippen LogP contribution in [-0.4, -0.2) is 10.2 Å². The van der Waals surface area contributed by atoms with Crippen molar-refractivity contribution in [1.82, 2.24) is 10.2 Å². The van der Waals surface area contributed by atoms with Crippen LogP contribution in [0.5, 0.6) is 0 Å². The molecule has 7 heavy (non-hydrogen) atoms. The van der Waals surface area contributed by atoms with E-state index in [1.807, 2.05) is 0 Å². The van der Waals surface area contributed by atoms with Crippen LogP contribution in [0.4, 0.5) is 0 Å². The quantitative estimate of drug-likeness (QED) is 0.512. The molecule has 0 aromatic carbocycles. The molecule has 1 aromatic heterocycles. The Labute approximate surface area is 50.9 Å². The van der Waals surface area contributed by atoms with Gasteiger partial charge in [-0.3, -0.25) is 0 Å². The lowest BCUT2D eigenvalue weighted by Crippen LogP contribution is -1.62. The van der Waals surface area contributed by atoms with Gasteiger partial charge < -0.3 is 4.42 Å². The van der Waals surface area contributed by atoms with E-state index < -0.39 is 0 Å². The van der Waals surface area contributed by atoms with Crippen LogP contribution >= 0.6 is 25.3 Å². The third-order valence-electron chi connectivity index (χ3n) is 0.404. The molecule has 0 aliphatic carbocycles. The third-order valence-corrected chi connectivity index (χ3v) is 0.765. The van der Waals surface area contributed by atoms with E-state index in [1.54, 1.807) is 0 Å². The Morgan fingerprint density at radius 3 is 1.71 bits per heavy atom. The maximum absolute atomic E-state index is 4.59. The Balaban J connectivity index is 3.04. The largest absolute Gasteiger partial charge is 0.406 e. The number of nitrogens with zero attached hydrogens (tertiary/aromatic N) is 2. The highest BCUT2D eigenvalue weighted by molar-refractivity contribution is 7.80. The van der Waals surface area contributed by atoms with Crippen LogP contribution in [0.2, 0.25) is 0 Å². The first-order valence-electron chi connectivity index (χ1n) is 1.50. The summed E-state index contributed by atoms with van der Waals surface area (Å²) in [6.45, 7) is 0. The van der Waals surface area contributed by atoms with E-state index in [1.165, 1.54) is 0 Å². The Morgan fingerprint density at radius 1 is 1.14 bits per heavy atom. The second-order valence-corrected chi connectivity index (χ2v) is 1.63. The minimum atomic E-state index is 0.241. The first-order chi connectivity index (χ1) is 3.29. The summed E-state index contributed by atoms with van der Waals surface area (Å²) >= 11 is 7.43. The zero-order valence-corrected chi connectivity index (χ0v) is 4.99. The van der Waals surface area contributed by atoms with Gasteiger partial charge in [0.05, 0.1) is 0 Å². The van der Waals surface area contributed by atoms with Gasteiger partial charge >= 0.3 is 0 Å². The molecule has 0 spiro atoms. The van der Waals surface area contributed by atoms with Crippen LogP contribution in [0, 0.1) is 0 Å². The van der Waals surface area contributed by atoms with Crippen LogP contribution < -0.4 is 0 Å². The highest BCUT2D eigenvalue weighted by atomic mass is 32.1. The van der Waals surface area contributed by atoms with Crippen LogP contribution in [0.25, 0.3) is 0 Å². The van der Waals surface area contributed by atoms with Gasteiger partial charge in [-0.25, -0.2) is 0 Å². The second-order valence-electron chi connectivity index (χ2n) is 0.867. The summed E-state index contributed by atoms with van der Waals surface area (Å²) in [7, 11) is 0. The standard InChI is InChI=1S/C2H2N2OS2/c6-1-3-4-2(7)5-1/h(H,3,6)(H,4,7). The van der Waals surface area contributed by atoms with Crippen molar-refractivity contribution in [3.8, 4) is 0 Å². The lowest BCUT2D eigenvalue weighted by molar-refractivity contribution is 0.380. The van der Waals surface area contributed by atoms with Gasteiger partial charge in [-0.2, -0.15) is 0 Å². The number of thiol groups is 2. The van der Waals surface area contributed by atoms with Gasteiger partial charge in [-0.05, 0) is 0 Å². The van der Waals surface area contributed by atoms with Crippen molar-refractivity contribution in [3.05, 3.63) is 0 Å². The van der Waals surface area contributed by atoms with E-state index in [0.717, 1.165) is 0 Å². The summed E-state index contributed by atoms with van der Waals surface area (Å²) in [6.07, 6.45) is 0. The number of hydrogen-bond acceptors (Lipinski definition) is 5. The third kappa shape index (κ3) is 1.10.